The molecule has 1 aliphatic heterocycles. The summed E-state index contributed by atoms with van der Waals surface area (Å²) < 4.78 is 0. The fraction of sp³-hybridized carbons (Fsp3) is 0.556. The number of piperidine rings is 1. The third kappa shape index (κ3) is 4.32. The highest BCUT2D eigenvalue weighted by molar-refractivity contribution is 5.87. The summed E-state index contributed by atoms with van der Waals surface area (Å²) in [6, 6.07) is 8.85. The molecule has 1 aromatic carbocycles. The van der Waals surface area contributed by atoms with E-state index >= 15 is 0 Å². The van der Waals surface area contributed by atoms with Crippen LogP contribution < -0.4 is 5.32 Å². The van der Waals surface area contributed by atoms with Gasteiger partial charge in [-0.15, -0.1) is 0 Å². The molecule has 1 aromatic rings. The Kier molecular flexibility index (Phi) is 5.77. The van der Waals surface area contributed by atoms with E-state index in [4.69, 9.17) is 0 Å². The third-order valence-corrected chi connectivity index (χ3v) is 4.43. The molecule has 1 heterocycles. The number of carbonyl (C=O) groups is 2. The molecule has 2 atom stereocenters. The minimum absolute atomic E-state index is 0.0136. The maximum absolute atomic E-state index is 12.5. The van der Waals surface area contributed by atoms with Crippen molar-refractivity contribution in [1.82, 2.24) is 10.2 Å². The van der Waals surface area contributed by atoms with Gasteiger partial charge in [0.1, 0.15) is 11.6 Å². The van der Waals surface area contributed by atoms with Crippen LogP contribution in [-0.2, 0) is 15.2 Å². The van der Waals surface area contributed by atoms with Crippen LogP contribution in [0.2, 0.25) is 0 Å². The minimum Gasteiger partial charge on any atom is -0.384 e. The van der Waals surface area contributed by atoms with E-state index in [2.05, 4.69) is 5.32 Å². The number of likely N-dealkylation sites (tertiary alicyclic amines) is 1. The fourth-order valence-corrected chi connectivity index (χ4v) is 2.98. The molecule has 5 heteroatoms. The van der Waals surface area contributed by atoms with Gasteiger partial charge in [0.15, 0.2) is 0 Å². The molecular formula is C18H26N2O3. The van der Waals surface area contributed by atoms with Crippen molar-refractivity contribution in [3.63, 3.8) is 0 Å². The number of aliphatic hydroxyl groups is 1. The number of hydrogen-bond donors (Lipinski definition) is 2. The lowest BCUT2D eigenvalue weighted by molar-refractivity contribution is -0.142. The molecule has 0 aromatic heterocycles. The zero-order chi connectivity index (χ0) is 16.9. The summed E-state index contributed by atoms with van der Waals surface area (Å²) in [6.07, 6.45) is 2.98. The van der Waals surface area contributed by atoms with Gasteiger partial charge in [-0.25, -0.2) is 0 Å². The predicted molar refractivity (Wildman–Crippen MR) is 88.7 cm³/mol. The zero-order valence-electron chi connectivity index (χ0n) is 13.9. The van der Waals surface area contributed by atoms with Gasteiger partial charge in [-0.3, -0.25) is 9.59 Å². The van der Waals surface area contributed by atoms with Gasteiger partial charge in [0.2, 0.25) is 11.8 Å². The maximum atomic E-state index is 12.5. The number of rotatable bonds is 5. The molecule has 0 saturated carbocycles. The Morgan fingerprint density at radius 3 is 2.65 bits per heavy atom. The lowest BCUT2D eigenvalue weighted by atomic mass is 9.95. The first-order chi connectivity index (χ1) is 11.0. The molecular weight excluding hydrogens is 292 g/mol. The van der Waals surface area contributed by atoms with Crippen LogP contribution in [0.4, 0.5) is 0 Å². The molecule has 2 amide bonds. The molecule has 0 spiro atoms. The number of amides is 2. The van der Waals surface area contributed by atoms with Gasteiger partial charge >= 0.3 is 0 Å². The second-order valence-electron chi connectivity index (χ2n) is 6.31. The average Bonchev–Trinajstić information content (AvgIpc) is 2.59. The van der Waals surface area contributed by atoms with E-state index in [1.165, 1.54) is 0 Å². The van der Waals surface area contributed by atoms with Crippen LogP contribution in [0.25, 0.3) is 0 Å². The first-order valence-electron chi connectivity index (χ1n) is 8.31. The van der Waals surface area contributed by atoms with Crippen LogP contribution in [0.1, 0.15) is 45.1 Å². The summed E-state index contributed by atoms with van der Waals surface area (Å²) in [5.74, 6) is -0.164. The van der Waals surface area contributed by atoms with Gasteiger partial charge in [0.05, 0.1) is 6.54 Å². The minimum atomic E-state index is -1.13. The molecule has 0 radical (unpaired) electrons. The molecule has 2 rings (SSSR count). The van der Waals surface area contributed by atoms with Gasteiger partial charge in [0, 0.05) is 13.0 Å². The molecule has 23 heavy (non-hydrogen) atoms. The van der Waals surface area contributed by atoms with E-state index in [9.17, 15) is 14.7 Å². The van der Waals surface area contributed by atoms with Crippen LogP contribution in [-0.4, -0.2) is 41.0 Å². The van der Waals surface area contributed by atoms with Gasteiger partial charge in [-0.1, -0.05) is 37.3 Å². The summed E-state index contributed by atoms with van der Waals surface area (Å²) in [5, 5.41) is 13.4. The molecule has 5 nitrogen and oxygen atoms in total. The quantitative estimate of drug-likeness (QED) is 0.870. The van der Waals surface area contributed by atoms with Crippen molar-refractivity contribution in [3.8, 4) is 0 Å². The van der Waals surface area contributed by atoms with Crippen molar-refractivity contribution in [2.75, 3.05) is 13.1 Å². The van der Waals surface area contributed by atoms with Gasteiger partial charge in [-0.2, -0.15) is 0 Å². The van der Waals surface area contributed by atoms with Crippen molar-refractivity contribution >= 4 is 11.8 Å². The fourth-order valence-electron chi connectivity index (χ4n) is 2.98. The Morgan fingerprint density at radius 1 is 1.30 bits per heavy atom. The number of nitrogens with one attached hydrogen (secondary N) is 1. The average molecular weight is 318 g/mol. The van der Waals surface area contributed by atoms with Crippen LogP contribution in [0.5, 0.6) is 0 Å². The van der Waals surface area contributed by atoms with Crippen molar-refractivity contribution < 1.29 is 14.7 Å². The van der Waals surface area contributed by atoms with E-state index in [0.29, 0.717) is 19.4 Å². The molecule has 2 N–H and O–H groups in total. The second-order valence-corrected chi connectivity index (χ2v) is 6.31. The Hall–Kier alpha value is -1.88. The summed E-state index contributed by atoms with van der Waals surface area (Å²) in [6.45, 7) is 4.25. The number of carbonyl (C=O) groups excluding carboxylic acids is 2. The van der Waals surface area contributed by atoms with Crippen LogP contribution in [0.15, 0.2) is 30.3 Å². The smallest absolute Gasteiger partial charge is 0.242 e. The van der Waals surface area contributed by atoms with Gasteiger partial charge in [-0.05, 0) is 31.7 Å². The van der Waals surface area contributed by atoms with Crippen molar-refractivity contribution in [2.24, 2.45) is 0 Å². The Bertz CT molecular complexity index is 542. The molecule has 0 aliphatic carbocycles. The molecule has 2 unspecified atom stereocenters. The van der Waals surface area contributed by atoms with Crippen molar-refractivity contribution in [1.29, 1.82) is 0 Å². The molecule has 0 bridgehead atoms. The van der Waals surface area contributed by atoms with Gasteiger partial charge in [0.25, 0.3) is 0 Å². The maximum Gasteiger partial charge on any atom is 0.242 e. The predicted octanol–water partition coefficient (Wildman–Crippen LogP) is 1.80. The molecule has 1 saturated heterocycles. The Morgan fingerprint density at radius 2 is 2.00 bits per heavy atom. The standard InChI is InChI=1S/C18H26N2O3/c1-3-16(21)20-12-8-7-11-15(20)17(22)19-13-18(2,23)14-9-5-4-6-10-14/h4-6,9-10,15,23H,3,7-8,11-13H2,1-2H3,(H,19,22). The van der Waals surface area contributed by atoms with E-state index in [0.717, 1.165) is 18.4 Å². The van der Waals surface area contributed by atoms with E-state index in [1.54, 1.807) is 11.8 Å². The van der Waals surface area contributed by atoms with E-state index in [-0.39, 0.29) is 18.4 Å². The molecule has 1 fully saturated rings. The van der Waals surface area contributed by atoms with Crippen LogP contribution >= 0.6 is 0 Å². The molecule has 126 valence electrons. The number of nitrogens with zero attached hydrogens (tertiary/aromatic N) is 1. The number of hydrogen-bond acceptors (Lipinski definition) is 3. The van der Waals surface area contributed by atoms with Crippen molar-refractivity contribution in [3.05, 3.63) is 35.9 Å². The Balaban J connectivity index is 1.99. The summed E-state index contributed by atoms with van der Waals surface area (Å²) in [5.41, 5.74) is -0.379. The zero-order valence-corrected chi connectivity index (χ0v) is 13.9. The summed E-state index contributed by atoms with van der Waals surface area (Å²) >= 11 is 0. The monoisotopic (exact) mass is 318 g/mol. The highest BCUT2D eigenvalue weighted by atomic mass is 16.3. The highest BCUT2D eigenvalue weighted by Gasteiger charge is 2.32. The largest absolute Gasteiger partial charge is 0.384 e. The lowest BCUT2D eigenvalue weighted by Gasteiger charge is -2.35. The van der Waals surface area contributed by atoms with Gasteiger partial charge < -0.3 is 15.3 Å². The summed E-state index contributed by atoms with van der Waals surface area (Å²) in [7, 11) is 0. The van der Waals surface area contributed by atoms with Crippen LogP contribution in [0, 0.1) is 0 Å². The van der Waals surface area contributed by atoms with Crippen molar-refractivity contribution in [2.45, 2.75) is 51.2 Å². The lowest BCUT2D eigenvalue weighted by Crippen LogP contribution is -2.53. The Labute approximate surface area is 137 Å². The topological polar surface area (TPSA) is 69.6 Å². The summed E-state index contributed by atoms with van der Waals surface area (Å²) in [4.78, 5) is 26.2. The van der Waals surface area contributed by atoms with E-state index < -0.39 is 11.6 Å². The first-order valence-corrected chi connectivity index (χ1v) is 8.31. The first kappa shape index (κ1) is 17.5. The third-order valence-electron chi connectivity index (χ3n) is 4.43. The van der Waals surface area contributed by atoms with E-state index in [1.807, 2.05) is 37.3 Å². The molecule has 1 aliphatic rings. The SMILES string of the molecule is CCC(=O)N1CCCCC1C(=O)NCC(C)(O)c1ccccc1. The highest BCUT2D eigenvalue weighted by Crippen LogP contribution is 2.21. The second kappa shape index (κ2) is 7.59. The van der Waals surface area contributed by atoms with Crippen LogP contribution in [0.3, 0.4) is 0 Å². The normalized spacial score (nSPS) is 20.7. The number of benzene rings is 1.